The summed E-state index contributed by atoms with van der Waals surface area (Å²) in [6, 6.07) is 5.50. The third kappa shape index (κ3) is 6.02. The van der Waals surface area contributed by atoms with Crippen molar-refractivity contribution in [2.75, 3.05) is 32.7 Å². The summed E-state index contributed by atoms with van der Waals surface area (Å²) in [5, 5.41) is 2.96. The van der Waals surface area contributed by atoms with Crippen molar-refractivity contribution in [3.63, 3.8) is 0 Å². The second-order valence-electron chi connectivity index (χ2n) is 7.93. The van der Waals surface area contributed by atoms with Crippen molar-refractivity contribution in [3.8, 4) is 0 Å². The van der Waals surface area contributed by atoms with E-state index < -0.39 is 0 Å². The van der Waals surface area contributed by atoms with Crippen molar-refractivity contribution in [2.45, 2.75) is 44.9 Å². The highest BCUT2D eigenvalue weighted by Crippen LogP contribution is 2.19. The third-order valence-corrected chi connectivity index (χ3v) is 5.75. The van der Waals surface area contributed by atoms with Crippen LogP contribution in [0.3, 0.4) is 0 Å². The zero-order valence-corrected chi connectivity index (χ0v) is 16.9. The Morgan fingerprint density at radius 3 is 2.66 bits per heavy atom. The summed E-state index contributed by atoms with van der Waals surface area (Å²) in [7, 11) is 0. The Balaban J connectivity index is 1.42. The number of carbonyl (C=O) groups is 3. The van der Waals surface area contributed by atoms with Crippen LogP contribution in [-0.4, -0.2) is 60.2 Å². The zero-order valence-electron chi connectivity index (χ0n) is 16.9. The van der Waals surface area contributed by atoms with Crippen LogP contribution in [0.25, 0.3) is 0 Å². The van der Waals surface area contributed by atoms with Crippen molar-refractivity contribution in [3.05, 3.63) is 35.6 Å². The molecule has 158 valence electrons. The molecule has 1 unspecified atom stereocenters. The molecule has 0 radical (unpaired) electrons. The summed E-state index contributed by atoms with van der Waals surface area (Å²) in [6.45, 7) is 3.02. The molecule has 1 N–H and O–H groups in total. The number of nitrogens with one attached hydrogen (secondary N) is 1. The van der Waals surface area contributed by atoms with Crippen molar-refractivity contribution in [2.24, 2.45) is 5.92 Å². The first-order valence-electron chi connectivity index (χ1n) is 10.6. The summed E-state index contributed by atoms with van der Waals surface area (Å²) >= 11 is 0. The average Bonchev–Trinajstić information content (AvgIpc) is 2.95. The molecule has 0 saturated carbocycles. The Labute approximate surface area is 171 Å². The van der Waals surface area contributed by atoms with Crippen LogP contribution in [0.4, 0.5) is 4.39 Å². The molecule has 2 saturated heterocycles. The molecule has 0 spiro atoms. The summed E-state index contributed by atoms with van der Waals surface area (Å²) in [5.41, 5.74) is 0.439. The lowest BCUT2D eigenvalue weighted by Crippen LogP contribution is -2.45. The lowest BCUT2D eigenvalue weighted by atomic mass is 9.96. The van der Waals surface area contributed by atoms with E-state index in [1.165, 1.54) is 24.3 Å². The van der Waals surface area contributed by atoms with Crippen LogP contribution in [0.2, 0.25) is 0 Å². The maximum atomic E-state index is 13.1. The van der Waals surface area contributed by atoms with Gasteiger partial charge in [-0.2, -0.15) is 0 Å². The maximum Gasteiger partial charge on any atom is 0.253 e. The molecule has 2 heterocycles. The largest absolute Gasteiger partial charge is 0.356 e. The molecule has 1 aromatic carbocycles. The first-order valence-corrected chi connectivity index (χ1v) is 10.6. The fourth-order valence-electron chi connectivity index (χ4n) is 4.05. The molecule has 2 aliphatic heterocycles. The highest BCUT2D eigenvalue weighted by molar-refractivity contribution is 5.94. The molecule has 3 rings (SSSR count). The van der Waals surface area contributed by atoms with Gasteiger partial charge in [-0.25, -0.2) is 4.39 Å². The standard InChI is InChI=1S/C22H30FN3O3/c23-19-10-8-17(9-11-19)22(29)26-14-4-6-18(16-26)21(28)24-12-5-15-25-13-3-1-2-7-20(25)27/h8-11,18H,1-7,12-16H2,(H,24,28). The smallest absolute Gasteiger partial charge is 0.253 e. The molecule has 1 aromatic rings. The van der Waals surface area contributed by atoms with Gasteiger partial charge in [-0.05, 0) is 56.4 Å². The topological polar surface area (TPSA) is 69.7 Å². The highest BCUT2D eigenvalue weighted by atomic mass is 19.1. The van der Waals surface area contributed by atoms with Gasteiger partial charge in [-0.3, -0.25) is 14.4 Å². The van der Waals surface area contributed by atoms with E-state index >= 15 is 0 Å². The highest BCUT2D eigenvalue weighted by Gasteiger charge is 2.28. The molecular formula is C22H30FN3O3. The second kappa shape index (κ2) is 10.4. The number of hydrogen-bond donors (Lipinski definition) is 1. The number of rotatable bonds is 6. The van der Waals surface area contributed by atoms with E-state index in [1.807, 2.05) is 4.90 Å². The first kappa shape index (κ1) is 21.3. The molecule has 0 aromatic heterocycles. The Kier molecular flexibility index (Phi) is 7.61. The van der Waals surface area contributed by atoms with Crippen LogP contribution in [0.1, 0.15) is 55.3 Å². The Hall–Kier alpha value is -2.44. The third-order valence-electron chi connectivity index (χ3n) is 5.75. The van der Waals surface area contributed by atoms with Crippen molar-refractivity contribution >= 4 is 17.7 Å². The van der Waals surface area contributed by atoms with Gasteiger partial charge in [0.1, 0.15) is 5.82 Å². The second-order valence-corrected chi connectivity index (χ2v) is 7.93. The Morgan fingerprint density at radius 2 is 1.86 bits per heavy atom. The van der Waals surface area contributed by atoms with Crippen molar-refractivity contribution in [1.82, 2.24) is 15.1 Å². The van der Waals surface area contributed by atoms with Crippen LogP contribution in [0.5, 0.6) is 0 Å². The molecule has 29 heavy (non-hydrogen) atoms. The molecule has 2 fully saturated rings. The number of hydrogen-bond acceptors (Lipinski definition) is 3. The number of likely N-dealkylation sites (tertiary alicyclic amines) is 2. The van der Waals surface area contributed by atoms with Crippen molar-refractivity contribution < 1.29 is 18.8 Å². The van der Waals surface area contributed by atoms with Gasteiger partial charge >= 0.3 is 0 Å². The molecule has 2 aliphatic rings. The molecule has 3 amide bonds. The van der Waals surface area contributed by atoms with Crippen LogP contribution in [-0.2, 0) is 9.59 Å². The number of carbonyl (C=O) groups excluding carboxylic acids is 3. The van der Waals surface area contributed by atoms with E-state index in [2.05, 4.69) is 5.32 Å². The van der Waals surface area contributed by atoms with Gasteiger partial charge in [-0.1, -0.05) is 6.42 Å². The average molecular weight is 403 g/mol. The number of halogens is 1. The molecule has 7 heteroatoms. The van der Waals surface area contributed by atoms with Gasteiger partial charge in [0.2, 0.25) is 11.8 Å². The molecule has 0 aliphatic carbocycles. The predicted molar refractivity (Wildman–Crippen MR) is 108 cm³/mol. The number of amides is 3. The fourth-order valence-corrected chi connectivity index (χ4v) is 4.05. The van der Waals surface area contributed by atoms with Gasteiger partial charge in [0, 0.05) is 44.7 Å². The van der Waals surface area contributed by atoms with Gasteiger partial charge < -0.3 is 15.1 Å². The molecule has 1 atom stereocenters. The Morgan fingerprint density at radius 1 is 1.07 bits per heavy atom. The van der Waals surface area contributed by atoms with E-state index in [4.69, 9.17) is 0 Å². The normalized spacial score (nSPS) is 20.3. The quantitative estimate of drug-likeness (QED) is 0.743. The SMILES string of the molecule is O=C(NCCCN1CCCCCC1=O)C1CCCN(C(=O)c2ccc(F)cc2)C1. The fraction of sp³-hybridized carbons (Fsp3) is 0.591. The van der Waals surface area contributed by atoms with E-state index in [0.717, 1.165) is 45.1 Å². The Bertz CT molecular complexity index is 723. The molecular weight excluding hydrogens is 373 g/mol. The van der Waals surface area contributed by atoms with Crippen LogP contribution in [0.15, 0.2) is 24.3 Å². The van der Waals surface area contributed by atoms with Crippen LogP contribution >= 0.6 is 0 Å². The number of nitrogens with zero attached hydrogens (tertiary/aromatic N) is 2. The van der Waals surface area contributed by atoms with Crippen LogP contribution in [0, 0.1) is 11.7 Å². The number of piperidine rings is 1. The minimum atomic E-state index is -0.376. The molecule has 6 nitrogen and oxygen atoms in total. The summed E-state index contributed by atoms with van der Waals surface area (Å²) < 4.78 is 13.1. The maximum absolute atomic E-state index is 13.1. The summed E-state index contributed by atoms with van der Waals surface area (Å²) in [6.07, 6.45) is 6.03. The summed E-state index contributed by atoms with van der Waals surface area (Å²) in [4.78, 5) is 40.7. The first-order chi connectivity index (χ1) is 14.0. The van der Waals surface area contributed by atoms with E-state index in [-0.39, 0.29) is 29.5 Å². The van der Waals surface area contributed by atoms with Gasteiger partial charge in [0.15, 0.2) is 0 Å². The van der Waals surface area contributed by atoms with E-state index in [0.29, 0.717) is 38.2 Å². The van der Waals surface area contributed by atoms with Crippen LogP contribution < -0.4 is 5.32 Å². The minimum Gasteiger partial charge on any atom is -0.356 e. The zero-order chi connectivity index (χ0) is 20.6. The summed E-state index contributed by atoms with van der Waals surface area (Å²) in [5.74, 6) is -0.589. The monoisotopic (exact) mass is 403 g/mol. The minimum absolute atomic E-state index is 0.0381. The van der Waals surface area contributed by atoms with Gasteiger partial charge in [0.05, 0.1) is 5.92 Å². The lowest BCUT2D eigenvalue weighted by molar-refractivity contribution is -0.130. The number of benzene rings is 1. The molecule has 0 bridgehead atoms. The van der Waals surface area contributed by atoms with Gasteiger partial charge in [0.25, 0.3) is 5.91 Å². The predicted octanol–water partition coefficient (Wildman–Crippen LogP) is 2.59. The van der Waals surface area contributed by atoms with Crippen molar-refractivity contribution in [1.29, 1.82) is 0 Å². The van der Waals surface area contributed by atoms with E-state index in [1.54, 1.807) is 4.90 Å². The van der Waals surface area contributed by atoms with Gasteiger partial charge in [-0.15, -0.1) is 0 Å². The lowest BCUT2D eigenvalue weighted by Gasteiger charge is -2.32. The van der Waals surface area contributed by atoms with E-state index in [9.17, 15) is 18.8 Å².